The second kappa shape index (κ2) is 13.2. The molecule has 0 aliphatic rings. The van der Waals surface area contributed by atoms with Crippen LogP contribution in [0.3, 0.4) is 0 Å². The standard InChI is InChI=1S/C20H22Cl2N6O4/c21-9-11-27(25-31)19(29)23-13-15-1-5-17(6-2-15)18-7-3-16(4-8-18)14-24-20(30)28(26-32)12-10-22/h1-8H,9-14H2,(H,23,29)(H,24,30). The molecule has 2 aromatic rings. The van der Waals surface area contributed by atoms with E-state index in [1.807, 2.05) is 48.5 Å². The minimum absolute atomic E-state index is 0.0369. The number of carbonyl (C=O) groups is 2. The van der Waals surface area contributed by atoms with Crippen molar-refractivity contribution in [2.75, 3.05) is 24.8 Å². The maximum atomic E-state index is 11.8. The molecular formula is C20H22Cl2N6O4. The normalized spacial score (nSPS) is 10.2. The Kier molecular flexibility index (Phi) is 10.3. The molecular weight excluding hydrogens is 459 g/mol. The summed E-state index contributed by atoms with van der Waals surface area (Å²) in [4.78, 5) is 45.0. The third-order valence-electron chi connectivity index (χ3n) is 4.39. The Bertz CT molecular complexity index is 836. The number of amides is 4. The van der Waals surface area contributed by atoms with E-state index in [4.69, 9.17) is 23.2 Å². The van der Waals surface area contributed by atoms with Gasteiger partial charge in [-0.2, -0.15) is 10.0 Å². The average molecular weight is 481 g/mol. The molecule has 0 fully saturated rings. The van der Waals surface area contributed by atoms with Crippen LogP contribution in [0.2, 0.25) is 0 Å². The van der Waals surface area contributed by atoms with Crippen LogP contribution in [0.1, 0.15) is 11.1 Å². The molecule has 0 aliphatic carbocycles. The number of nitrogens with zero attached hydrogens (tertiary/aromatic N) is 4. The SMILES string of the molecule is O=NN(CCCl)C(=O)NCc1ccc(-c2ccc(CNC(=O)N(CCCl)N=O)cc2)cc1. The maximum absolute atomic E-state index is 11.8. The van der Waals surface area contributed by atoms with Crippen molar-refractivity contribution in [2.24, 2.45) is 10.6 Å². The monoisotopic (exact) mass is 480 g/mol. The lowest BCUT2D eigenvalue weighted by Crippen LogP contribution is -2.36. The van der Waals surface area contributed by atoms with E-state index in [0.717, 1.165) is 32.3 Å². The van der Waals surface area contributed by atoms with Crippen molar-refractivity contribution in [1.29, 1.82) is 0 Å². The molecule has 10 nitrogen and oxygen atoms in total. The van der Waals surface area contributed by atoms with Crippen molar-refractivity contribution in [1.82, 2.24) is 20.7 Å². The molecule has 0 radical (unpaired) electrons. The van der Waals surface area contributed by atoms with Gasteiger partial charge in [0.15, 0.2) is 0 Å². The zero-order valence-corrected chi connectivity index (χ0v) is 18.6. The zero-order chi connectivity index (χ0) is 23.3. The average Bonchev–Trinajstić information content (AvgIpc) is 2.83. The quantitative estimate of drug-likeness (QED) is 0.283. The van der Waals surface area contributed by atoms with Crippen LogP contribution in [0.25, 0.3) is 11.1 Å². The van der Waals surface area contributed by atoms with Gasteiger partial charge in [-0.25, -0.2) is 9.59 Å². The highest BCUT2D eigenvalue weighted by atomic mass is 35.5. The van der Waals surface area contributed by atoms with E-state index in [0.29, 0.717) is 0 Å². The van der Waals surface area contributed by atoms with Gasteiger partial charge in [-0.15, -0.1) is 33.0 Å². The summed E-state index contributed by atoms with van der Waals surface area (Å²) in [6.07, 6.45) is 0. The van der Waals surface area contributed by atoms with E-state index < -0.39 is 12.1 Å². The minimum atomic E-state index is -0.609. The Balaban J connectivity index is 1.90. The molecule has 0 bridgehead atoms. The summed E-state index contributed by atoms with van der Waals surface area (Å²) >= 11 is 11.0. The van der Waals surface area contributed by atoms with Crippen molar-refractivity contribution in [2.45, 2.75) is 13.1 Å². The Morgan fingerprint density at radius 2 is 1.03 bits per heavy atom. The van der Waals surface area contributed by atoms with Gasteiger partial charge in [0.1, 0.15) is 0 Å². The molecule has 0 aliphatic heterocycles. The first-order valence-electron chi connectivity index (χ1n) is 9.59. The topological polar surface area (TPSA) is 124 Å². The number of rotatable bonds is 11. The highest BCUT2D eigenvalue weighted by Crippen LogP contribution is 2.20. The number of urea groups is 2. The molecule has 32 heavy (non-hydrogen) atoms. The molecule has 0 unspecified atom stereocenters. The number of benzene rings is 2. The largest absolute Gasteiger partial charge is 0.340 e. The number of nitrogens with one attached hydrogen (secondary N) is 2. The van der Waals surface area contributed by atoms with Crippen molar-refractivity contribution >= 4 is 35.3 Å². The van der Waals surface area contributed by atoms with Crippen LogP contribution in [-0.2, 0) is 13.1 Å². The van der Waals surface area contributed by atoms with Crippen LogP contribution in [0, 0.1) is 9.81 Å². The minimum Gasteiger partial charge on any atom is -0.332 e. The first-order valence-corrected chi connectivity index (χ1v) is 10.7. The first-order chi connectivity index (χ1) is 15.5. The molecule has 12 heteroatoms. The fraction of sp³-hybridized carbons (Fsp3) is 0.300. The Morgan fingerprint density at radius 1 is 0.688 bits per heavy atom. The van der Waals surface area contributed by atoms with Gasteiger partial charge in [0.25, 0.3) is 0 Å². The number of carbonyl (C=O) groups excluding carboxylic acids is 2. The second-order valence-corrected chi connectivity index (χ2v) is 7.25. The molecule has 2 N–H and O–H groups in total. The molecule has 0 saturated heterocycles. The van der Waals surface area contributed by atoms with Crippen LogP contribution in [0.15, 0.2) is 59.1 Å². The summed E-state index contributed by atoms with van der Waals surface area (Å²) in [5.74, 6) is 0.225. The van der Waals surface area contributed by atoms with E-state index in [1.54, 1.807) is 0 Å². The number of hydrogen-bond donors (Lipinski definition) is 2. The summed E-state index contributed by atoms with van der Waals surface area (Å²) in [6, 6.07) is 13.9. The predicted molar refractivity (Wildman–Crippen MR) is 123 cm³/mol. The summed E-state index contributed by atoms with van der Waals surface area (Å²) < 4.78 is 0. The molecule has 0 saturated carbocycles. The molecule has 2 aromatic carbocycles. The van der Waals surface area contributed by atoms with Crippen LogP contribution in [-0.4, -0.2) is 46.9 Å². The van der Waals surface area contributed by atoms with Crippen LogP contribution in [0.4, 0.5) is 9.59 Å². The third-order valence-corrected chi connectivity index (χ3v) is 4.73. The molecule has 4 amide bonds. The highest BCUT2D eigenvalue weighted by molar-refractivity contribution is 6.18. The van der Waals surface area contributed by atoms with Crippen molar-refractivity contribution in [3.8, 4) is 11.1 Å². The van der Waals surface area contributed by atoms with Gasteiger partial charge < -0.3 is 10.6 Å². The number of nitroso groups, excluding NO2 is 2. The Hall–Kier alpha value is -3.24. The molecule has 2 rings (SSSR count). The van der Waals surface area contributed by atoms with Crippen molar-refractivity contribution in [3.63, 3.8) is 0 Å². The molecule has 170 valence electrons. The summed E-state index contributed by atoms with van der Waals surface area (Å²) in [5, 5.41) is 11.9. The zero-order valence-electron chi connectivity index (χ0n) is 17.0. The van der Waals surface area contributed by atoms with Crippen LogP contribution >= 0.6 is 23.2 Å². The van der Waals surface area contributed by atoms with Crippen LogP contribution < -0.4 is 10.6 Å². The lowest BCUT2D eigenvalue weighted by atomic mass is 10.0. The van der Waals surface area contributed by atoms with Gasteiger partial charge in [0, 0.05) is 24.8 Å². The Morgan fingerprint density at radius 3 is 1.31 bits per heavy atom. The maximum Gasteiger partial charge on any atom is 0.340 e. The summed E-state index contributed by atoms with van der Waals surface area (Å²) in [7, 11) is 0. The number of halogens is 2. The molecule has 0 atom stereocenters. The third kappa shape index (κ3) is 7.47. The van der Waals surface area contributed by atoms with Crippen molar-refractivity contribution in [3.05, 3.63) is 69.5 Å². The second-order valence-electron chi connectivity index (χ2n) is 6.50. The van der Waals surface area contributed by atoms with E-state index in [9.17, 15) is 19.4 Å². The van der Waals surface area contributed by atoms with E-state index in [1.165, 1.54) is 0 Å². The Labute approximate surface area is 194 Å². The smallest absolute Gasteiger partial charge is 0.332 e. The van der Waals surface area contributed by atoms with E-state index in [-0.39, 0.29) is 37.9 Å². The first kappa shape index (κ1) is 25.0. The fourth-order valence-corrected chi connectivity index (χ4v) is 3.01. The van der Waals surface area contributed by atoms with Gasteiger partial charge >= 0.3 is 12.1 Å². The lowest BCUT2D eigenvalue weighted by molar-refractivity contribution is 0.201. The van der Waals surface area contributed by atoms with Gasteiger partial charge in [0.2, 0.25) is 0 Å². The van der Waals surface area contributed by atoms with Gasteiger partial charge in [-0.3, -0.25) is 0 Å². The van der Waals surface area contributed by atoms with Gasteiger partial charge in [-0.1, -0.05) is 48.5 Å². The molecule has 0 aromatic heterocycles. The lowest BCUT2D eigenvalue weighted by Gasteiger charge is -2.13. The van der Waals surface area contributed by atoms with E-state index in [2.05, 4.69) is 21.2 Å². The predicted octanol–water partition coefficient (Wildman–Crippen LogP) is 4.22. The van der Waals surface area contributed by atoms with Crippen molar-refractivity contribution < 1.29 is 9.59 Å². The van der Waals surface area contributed by atoms with Gasteiger partial charge in [0.05, 0.1) is 23.7 Å². The van der Waals surface area contributed by atoms with Gasteiger partial charge in [-0.05, 0) is 22.3 Å². The molecule has 0 heterocycles. The summed E-state index contributed by atoms with van der Waals surface area (Å²) in [6.45, 7) is 0.551. The summed E-state index contributed by atoms with van der Waals surface area (Å²) in [5.41, 5.74) is 3.63. The molecule has 0 spiro atoms. The van der Waals surface area contributed by atoms with E-state index >= 15 is 0 Å². The number of hydrogen-bond acceptors (Lipinski definition) is 6. The number of alkyl halides is 2. The van der Waals surface area contributed by atoms with Crippen LogP contribution in [0.5, 0.6) is 0 Å². The fourth-order valence-electron chi connectivity index (χ4n) is 2.69. The highest BCUT2D eigenvalue weighted by Gasteiger charge is 2.13.